The van der Waals surface area contributed by atoms with Gasteiger partial charge in [0, 0.05) is 0 Å². The molecule has 0 aromatic rings. The van der Waals surface area contributed by atoms with Crippen LogP contribution in [0.5, 0.6) is 0 Å². The van der Waals surface area contributed by atoms with Gasteiger partial charge >= 0.3 is 0 Å². The van der Waals surface area contributed by atoms with Gasteiger partial charge in [0.05, 0.1) is 19.3 Å². The molecule has 0 aromatic heterocycles. The molecule has 2 saturated heterocycles. The van der Waals surface area contributed by atoms with E-state index in [1.807, 2.05) is 0 Å². The maximum absolute atomic E-state index is 10.2. The number of hydrogen-bond donors (Lipinski definition) is 7. The van der Waals surface area contributed by atoms with Gasteiger partial charge in [0.25, 0.3) is 0 Å². The van der Waals surface area contributed by atoms with Gasteiger partial charge in [-0.05, 0) is 6.42 Å². The lowest BCUT2D eigenvalue weighted by Gasteiger charge is -2.46. The smallest absolute Gasteiger partial charge is 0.187 e. The summed E-state index contributed by atoms with van der Waals surface area (Å²) in [7, 11) is 0. The van der Waals surface area contributed by atoms with Crippen LogP contribution >= 0.6 is 0 Å². The molecule has 2 aliphatic rings. The van der Waals surface area contributed by atoms with Gasteiger partial charge in [0.15, 0.2) is 6.29 Å². The third kappa shape index (κ3) is 3.73. The molecule has 2 aliphatic heterocycles. The SMILES string of the molecule is CC[C@@H]1OC(CO)[C@@H](O[C@H]2OC(CO)[C@@H](O)[C@H](O)C2O)C(O)[C@@H]1O. The van der Waals surface area contributed by atoms with Gasteiger partial charge in [-0.1, -0.05) is 6.92 Å². The summed E-state index contributed by atoms with van der Waals surface area (Å²) in [6, 6.07) is 0. The van der Waals surface area contributed by atoms with Crippen LogP contribution in [0, 0.1) is 0 Å². The molecule has 24 heavy (non-hydrogen) atoms. The van der Waals surface area contributed by atoms with Crippen LogP contribution in [-0.2, 0) is 14.2 Å². The Morgan fingerprint density at radius 1 is 0.708 bits per heavy atom. The van der Waals surface area contributed by atoms with E-state index in [1.54, 1.807) is 6.92 Å². The van der Waals surface area contributed by atoms with Crippen LogP contribution in [0.1, 0.15) is 13.3 Å². The molecule has 0 aromatic carbocycles. The Hall–Kier alpha value is -0.400. The van der Waals surface area contributed by atoms with Gasteiger partial charge in [0.2, 0.25) is 0 Å². The average Bonchev–Trinajstić information content (AvgIpc) is 2.59. The first-order chi connectivity index (χ1) is 11.3. The van der Waals surface area contributed by atoms with Crippen LogP contribution < -0.4 is 0 Å². The maximum Gasteiger partial charge on any atom is 0.187 e. The molecule has 0 amide bonds. The Morgan fingerprint density at radius 3 is 1.83 bits per heavy atom. The predicted molar refractivity (Wildman–Crippen MR) is 76.7 cm³/mol. The second-order valence-electron chi connectivity index (χ2n) is 6.08. The van der Waals surface area contributed by atoms with Gasteiger partial charge in [-0.2, -0.15) is 0 Å². The minimum atomic E-state index is -1.66. The number of aliphatic hydroxyl groups excluding tert-OH is 7. The fourth-order valence-electron chi connectivity index (χ4n) is 3.00. The number of ether oxygens (including phenoxy) is 3. The normalized spacial score (nSPS) is 50.0. The molecule has 0 saturated carbocycles. The molecule has 142 valence electrons. The fourth-order valence-corrected chi connectivity index (χ4v) is 3.00. The fraction of sp³-hybridized carbons (Fsp3) is 1.00. The summed E-state index contributed by atoms with van der Waals surface area (Å²) >= 11 is 0. The summed E-state index contributed by atoms with van der Waals surface area (Å²) < 4.78 is 16.1. The van der Waals surface area contributed by atoms with E-state index in [1.165, 1.54) is 0 Å². The Bertz CT molecular complexity index is 392. The van der Waals surface area contributed by atoms with Crippen LogP contribution in [0.3, 0.4) is 0 Å². The van der Waals surface area contributed by atoms with Crippen molar-refractivity contribution < 1.29 is 50.0 Å². The van der Waals surface area contributed by atoms with Crippen LogP contribution in [0.2, 0.25) is 0 Å². The molecule has 10 atom stereocenters. The van der Waals surface area contributed by atoms with Gasteiger partial charge in [-0.25, -0.2) is 0 Å². The van der Waals surface area contributed by atoms with Gasteiger partial charge in [0.1, 0.15) is 48.8 Å². The molecule has 0 aliphatic carbocycles. The van der Waals surface area contributed by atoms with Crippen molar-refractivity contribution in [2.75, 3.05) is 13.2 Å². The van der Waals surface area contributed by atoms with Crippen molar-refractivity contribution in [3.63, 3.8) is 0 Å². The van der Waals surface area contributed by atoms with Crippen LogP contribution in [0.25, 0.3) is 0 Å². The quantitative estimate of drug-likeness (QED) is 0.259. The minimum absolute atomic E-state index is 0.404. The third-order valence-electron chi connectivity index (χ3n) is 4.51. The van der Waals surface area contributed by atoms with E-state index >= 15 is 0 Å². The number of aliphatic hydroxyl groups is 7. The average molecular weight is 354 g/mol. The highest BCUT2D eigenvalue weighted by Gasteiger charge is 2.49. The lowest BCUT2D eigenvalue weighted by Crippen LogP contribution is -2.64. The Kier molecular flexibility index (Phi) is 6.90. The predicted octanol–water partition coefficient (Wildman–Crippen LogP) is -3.94. The first-order valence-corrected chi connectivity index (χ1v) is 7.94. The lowest BCUT2D eigenvalue weighted by molar-refractivity contribution is -0.342. The number of hydrogen-bond acceptors (Lipinski definition) is 10. The van der Waals surface area contributed by atoms with E-state index in [0.29, 0.717) is 6.42 Å². The highest BCUT2D eigenvalue weighted by Crippen LogP contribution is 2.29. The summed E-state index contributed by atoms with van der Waals surface area (Å²) in [6.45, 7) is 0.606. The Balaban J connectivity index is 2.12. The Morgan fingerprint density at radius 2 is 1.29 bits per heavy atom. The zero-order chi connectivity index (χ0) is 18.0. The van der Waals surface area contributed by atoms with Crippen molar-refractivity contribution >= 4 is 0 Å². The second-order valence-corrected chi connectivity index (χ2v) is 6.08. The first kappa shape index (κ1) is 19.9. The number of rotatable bonds is 5. The van der Waals surface area contributed by atoms with E-state index in [-0.39, 0.29) is 0 Å². The molecule has 2 fully saturated rings. The van der Waals surface area contributed by atoms with E-state index in [0.717, 1.165) is 0 Å². The van der Waals surface area contributed by atoms with E-state index in [4.69, 9.17) is 19.3 Å². The molecular formula is C14H26O10. The monoisotopic (exact) mass is 354 g/mol. The van der Waals surface area contributed by atoms with Crippen LogP contribution in [0.4, 0.5) is 0 Å². The standard InChI is InChI=1S/C14H26O10/c1-2-5-8(17)11(20)13(7(4-16)22-5)24-14-12(21)10(19)9(18)6(3-15)23-14/h5-21H,2-4H2,1H3/t5-,6?,7?,8+,9+,10-,11?,12?,13+,14+/m0/s1. The van der Waals surface area contributed by atoms with Crippen LogP contribution in [0.15, 0.2) is 0 Å². The largest absolute Gasteiger partial charge is 0.394 e. The van der Waals surface area contributed by atoms with Gasteiger partial charge in [-0.15, -0.1) is 0 Å². The van der Waals surface area contributed by atoms with Crippen LogP contribution in [-0.4, -0.2) is 110 Å². The Labute approximate surface area is 138 Å². The summed E-state index contributed by atoms with van der Waals surface area (Å²) in [6.07, 6.45) is -12.7. The first-order valence-electron chi connectivity index (χ1n) is 7.94. The van der Waals surface area contributed by atoms with Crippen molar-refractivity contribution in [1.82, 2.24) is 0 Å². The van der Waals surface area contributed by atoms with Crippen molar-refractivity contribution in [2.45, 2.75) is 74.6 Å². The molecule has 2 rings (SSSR count). The summed E-state index contributed by atoms with van der Waals surface area (Å²) in [5.74, 6) is 0. The second kappa shape index (κ2) is 8.32. The molecule has 0 spiro atoms. The molecule has 2 heterocycles. The summed E-state index contributed by atoms with van der Waals surface area (Å²) in [4.78, 5) is 0. The van der Waals surface area contributed by atoms with Crippen molar-refractivity contribution in [1.29, 1.82) is 0 Å². The van der Waals surface area contributed by atoms with Gasteiger partial charge in [-0.3, -0.25) is 0 Å². The lowest BCUT2D eigenvalue weighted by atomic mass is 9.93. The molecule has 4 unspecified atom stereocenters. The topological polar surface area (TPSA) is 169 Å². The molecule has 0 radical (unpaired) electrons. The summed E-state index contributed by atoms with van der Waals surface area (Å²) in [5, 5.41) is 68.3. The van der Waals surface area contributed by atoms with E-state index in [9.17, 15) is 30.6 Å². The minimum Gasteiger partial charge on any atom is -0.394 e. The maximum atomic E-state index is 10.2. The third-order valence-corrected chi connectivity index (χ3v) is 4.51. The summed E-state index contributed by atoms with van der Waals surface area (Å²) in [5.41, 5.74) is 0. The molecular weight excluding hydrogens is 328 g/mol. The zero-order valence-electron chi connectivity index (χ0n) is 13.3. The molecule has 10 heteroatoms. The van der Waals surface area contributed by atoms with E-state index in [2.05, 4.69) is 0 Å². The molecule has 0 bridgehead atoms. The molecule has 7 N–H and O–H groups in total. The highest BCUT2D eigenvalue weighted by molar-refractivity contribution is 4.95. The zero-order valence-corrected chi connectivity index (χ0v) is 13.3. The van der Waals surface area contributed by atoms with E-state index < -0.39 is 74.4 Å². The van der Waals surface area contributed by atoms with Crippen molar-refractivity contribution in [2.24, 2.45) is 0 Å². The van der Waals surface area contributed by atoms with Crippen molar-refractivity contribution in [3.05, 3.63) is 0 Å². The highest BCUT2D eigenvalue weighted by atomic mass is 16.7. The molecule has 10 nitrogen and oxygen atoms in total. The van der Waals surface area contributed by atoms with Gasteiger partial charge < -0.3 is 50.0 Å². The van der Waals surface area contributed by atoms with Crippen molar-refractivity contribution in [3.8, 4) is 0 Å².